The van der Waals surface area contributed by atoms with E-state index in [2.05, 4.69) is 79.9 Å². The molecule has 0 radical (unpaired) electrons. The first kappa shape index (κ1) is 56.1. The van der Waals surface area contributed by atoms with E-state index in [9.17, 15) is 15.0 Å². The van der Waals surface area contributed by atoms with Crippen LogP contribution in [0.1, 0.15) is 258 Å². The maximum atomic E-state index is 12.4. The Bertz CT molecular complexity index is 965. The maximum Gasteiger partial charge on any atom is 0.220 e. The molecule has 0 saturated carbocycles. The minimum atomic E-state index is -0.677. The molecule has 0 aromatic heterocycles. The fraction of sp³-hybridized carbons (Fsp3) is 0.796. The zero-order chi connectivity index (χ0) is 42.1. The van der Waals surface area contributed by atoms with Crippen molar-refractivity contribution in [1.82, 2.24) is 5.32 Å². The summed E-state index contributed by atoms with van der Waals surface area (Å²) in [6.07, 6.45) is 69.0. The van der Waals surface area contributed by atoms with E-state index in [0.29, 0.717) is 12.8 Å². The Morgan fingerprint density at radius 2 is 0.759 bits per heavy atom. The summed E-state index contributed by atoms with van der Waals surface area (Å²) in [5.41, 5.74) is 0. The summed E-state index contributed by atoms with van der Waals surface area (Å²) in [7, 11) is 0. The Hall–Kier alpha value is -1.91. The van der Waals surface area contributed by atoms with E-state index in [1.54, 1.807) is 0 Å². The molecule has 338 valence electrons. The second kappa shape index (κ2) is 49.5. The number of aliphatic hydroxyl groups excluding tert-OH is 2. The summed E-state index contributed by atoms with van der Waals surface area (Å²) >= 11 is 0. The third-order valence-corrected chi connectivity index (χ3v) is 11.5. The van der Waals surface area contributed by atoms with Crippen LogP contribution in [0.15, 0.2) is 60.8 Å². The van der Waals surface area contributed by atoms with Crippen molar-refractivity contribution in [3.8, 4) is 0 Å². The van der Waals surface area contributed by atoms with Gasteiger partial charge in [-0.3, -0.25) is 4.79 Å². The van der Waals surface area contributed by atoms with Gasteiger partial charge in [0.2, 0.25) is 5.91 Å². The normalized spacial score (nSPS) is 13.4. The number of amides is 1. The second-order valence-electron chi connectivity index (χ2n) is 17.2. The molecule has 4 nitrogen and oxygen atoms in total. The van der Waals surface area contributed by atoms with Crippen molar-refractivity contribution in [3.05, 3.63) is 60.8 Å². The van der Waals surface area contributed by atoms with E-state index in [1.165, 1.54) is 161 Å². The Kier molecular flexibility index (Phi) is 47.8. The van der Waals surface area contributed by atoms with Crippen molar-refractivity contribution >= 4 is 5.91 Å². The van der Waals surface area contributed by atoms with Gasteiger partial charge in [-0.25, -0.2) is 0 Å². The summed E-state index contributed by atoms with van der Waals surface area (Å²) in [4.78, 5) is 12.4. The van der Waals surface area contributed by atoms with Gasteiger partial charge in [0.05, 0.1) is 18.8 Å². The predicted molar refractivity (Wildman–Crippen MR) is 258 cm³/mol. The topological polar surface area (TPSA) is 69.6 Å². The number of hydrogen-bond acceptors (Lipinski definition) is 3. The van der Waals surface area contributed by atoms with Crippen LogP contribution < -0.4 is 5.32 Å². The van der Waals surface area contributed by atoms with Crippen LogP contribution in [0, 0.1) is 0 Å². The minimum Gasteiger partial charge on any atom is -0.394 e. The summed E-state index contributed by atoms with van der Waals surface area (Å²) in [5.74, 6) is -0.0619. The van der Waals surface area contributed by atoms with E-state index >= 15 is 0 Å². The predicted octanol–water partition coefficient (Wildman–Crippen LogP) is 16.5. The van der Waals surface area contributed by atoms with Gasteiger partial charge >= 0.3 is 0 Å². The van der Waals surface area contributed by atoms with Crippen LogP contribution >= 0.6 is 0 Å². The van der Waals surface area contributed by atoms with Gasteiger partial charge in [0, 0.05) is 6.42 Å². The molecule has 2 atom stereocenters. The van der Waals surface area contributed by atoms with Crippen LogP contribution in [0.2, 0.25) is 0 Å². The molecule has 0 aliphatic heterocycles. The quantitative estimate of drug-likeness (QED) is 0.0424. The van der Waals surface area contributed by atoms with Crippen LogP contribution in [-0.2, 0) is 4.79 Å². The third-order valence-electron chi connectivity index (χ3n) is 11.5. The molecule has 58 heavy (non-hydrogen) atoms. The van der Waals surface area contributed by atoms with Gasteiger partial charge in [-0.15, -0.1) is 0 Å². The molecule has 0 spiro atoms. The molecule has 0 rings (SSSR count). The number of unbranched alkanes of at least 4 members (excludes halogenated alkanes) is 29. The molecule has 0 saturated heterocycles. The van der Waals surface area contributed by atoms with E-state index in [0.717, 1.165) is 70.6 Å². The largest absolute Gasteiger partial charge is 0.394 e. The number of allylic oxidation sites excluding steroid dienone is 10. The van der Waals surface area contributed by atoms with Gasteiger partial charge in [0.15, 0.2) is 0 Å². The average molecular weight is 810 g/mol. The highest BCUT2D eigenvalue weighted by Gasteiger charge is 2.20. The molecule has 0 fully saturated rings. The van der Waals surface area contributed by atoms with Crippen molar-refractivity contribution in [2.24, 2.45) is 0 Å². The van der Waals surface area contributed by atoms with E-state index in [-0.39, 0.29) is 12.5 Å². The fourth-order valence-corrected chi connectivity index (χ4v) is 7.68. The number of hydrogen-bond donors (Lipinski definition) is 3. The molecule has 0 aliphatic carbocycles. The lowest BCUT2D eigenvalue weighted by Gasteiger charge is -2.22. The number of carbonyl (C=O) groups is 1. The van der Waals surface area contributed by atoms with Crippen molar-refractivity contribution in [2.45, 2.75) is 270 Å². The van der Waals surface area contributed by atoms with Crippen LogP contribution in [0.4, 0.5) is 0 Å². The smallest absolute Gasteiger partial charge is 0.220 e. The Labute approximate surface area is 362 Å². The first-order valence-corrected chi connectivity index (χ1v) is 25.5. The number of carbonyl (C=O) groups excluding carboxylic acids is 1. The van der Waals surface area contributed by atoms with Crippen molar-refractivity contribution in [1.29, 1.82) is 0 Å². The molecule has 0 heterocycles. The highest BCUT2D eigenvalue weighted by molar-refractivity contribution is 5.76. The molecular formula is C54H99NO3. The first-order chi connectivity index (χ1) is 28.7. The fourth-order valence-electron chi connectivity index (χ4n) is 7.68. The van der Waals surface area contributed by atoms with Crippen LogP contribution in [-0.4, -0.2) is 34.9 Å². The molecule has 0 aromatic rings. The van der Waals surface area contributed by atoms with Crippen LogP contribution in [0.25, 0.3) is 0 Å². The van der Waals surface area contributed by atoms with Gasteiger partial charge < -0.3 is 15.5 Å². The molecule has 0 aromatic carbocycles. The molecule has 2 unspecified atom stereocenters. The molecule has 0 bridgehead atoms. The van der Waals surface area contributed by atoms with Crippen LogP contribution in [0.3, 0.4) is 0 Å². The first-order valence-electron chi connectivity index (χ1n) is 25.5. The standard InChI is InChI=1S/C54H99NO3/c1-3-5-7-9-11-13-15-17-19-21-23-24-25-26-27-28-29-30-32-33-35-37-39-41-43-45-47-49-53(57)52(51-56)55-54(58)50-48-46-44-42-40-38-36-34-31-22-20-18-16-14-12-10-8-6-4-2/h6,8,12,14,18,20,31,34,38,40,52-53,56-57H,3-5,7,9-11,13,15-17,19,21-30,32-33,35-37,39,41-51H2,1-2H3,(H,55,58)/b8-6-,14-12-,20-18-,34-31-,40-38-. The van der Waals surface area contributed by atoms with E-state index in [1.807, 2.05) is 0 Å². The number of rotatable bonds is 46. The average Bonchev–Trinajstić information content (AvgIpc) is 3.23. The monoisotopic (exact) mass is 810 g/mol. The number of nitrogens with one attached hydrogen (secondary N) is 1. The summed E-state index contributed by atoms with van der Waals surface area (Å²) in [6.45, 7) is 4.24. The van der Waals surface area contributed by atoms with Gasteiger partial charge in [0.25, 0.3) is 0 Å². The molecule has 3 N–H and O–H groups in total. The minimum absolute atomic E-state index is 0.0619. The second-order valence-corrected chi connectivity index (χ2v) is 17.2. The maximum absolute atomic E-state index is 12.4. The van der Waals surface area contributed by atoms with E-state index in [4.69, 9.17) is 0 Å². The molecule has 0 aliphatic rings. The lowest BCUT2D eigenvalue weighted by atomic mass is 10.0. The van der Waals surface area contributed by atoms with E-state index < -0.39 is 12.1 Å². The zero-order valence-corrected chi connectivity index (χ0v) is 38.8. The van der Waals surface area contributed by atoms with Gasteiger partial charge in [0.1, 0.15) is 0 Å². The highest BCUT2D eigenvalue weighted by atomic mass is 16.3. The van der Waals surface area contributed by atoms with Crippen molar-refractivity contribution in [2.75, 3.05) is 6.61 Å². The number of aliphatic hydroxyl groups is 2. The van der Waals surface area contributed by atoms with Crippen molar-refractivity contribution in [3.63, 3.8) is 0 Å². The van der Waals surface area contributed by atoms with Gasteiger partial charge in [-0.05, 0) is 57.8 Å². The Balaban J connectivity index is 3.52. The molecular weight excluding hydrogens is 711 g/mol. The van der Waals surface area contributed by atoms with Gasteiger partial charge in [-0.2, -0.15) is 0 Å². The highest BCUT2D eigenvalue weighted by Crippen LogP contribution is 2.17. The lowest BCUT2D eigenvalue weighted by molar-refractivity contribution is -0.123. The third kappa shape index (κ3) is 45.2. The lowest BCUT2D eigenvalue weighted by Crippen LogP contribution is -2.45. The molecule has 4 heteroatoms. The SMILES string of the molecule is CC/C=C\C/C=C\C/C=C\C/C=C\C/C=C\CCCCCC(=O)NC(CO)C(O)CCCCCCCCCCCCCCCCCCCCCCCCCCCCC. The summed E-state index contributed by atoms with van der Waals surface area (Å²) < 4.78 is 0. The van der Waals surface area contributed by atoms with Gasteiger partial charge in [-0.1, -0.05) is 254 Å². The van der Waals surface area contributed by atoms with Crippen molar-refractivity contribution < 1.29 is 15.0 Å². The van der Waals surface area contributed by atoms with Crippen LogP contribution in [0.5, 0.6) is 0 Å². The Morgan fingerprint density at radius 3 is 1.12 bits per heavy atom. The molecule has 1 amide bonds. The zero-order valence-electron chi connectivity index (χ0n) is 38.8. The Morgan fingerprint density at radius 1 is 0.431 bits per heavy atom. The summed E-state index contributed by atoms with van der Waals surface area (Å²) in [6, 6.07) is -0.558. The summed E-state index contributed by atoms with van der Waals surface area (Å²) in [5, 5.41) is 23.3.